The summed E-state index contributed by atoms with van der Waals surface area (Å²) < 4.78 is 7.30. The van der Waals surface area contributed by atoms with Crippen LogP contribution in [0, 0.1) is 0 Å². The fourth-order valence-corrected chi connectivity index (χ4v) is 4.71. The van der Waals surface area contributed by atoms with Crippen LogP contribution in [0.25, 0.3) is 0 Å². The molecule has 1 N–H and O–H groups in total. The van der Waals surface area contributed by atoms with Crippen molar-refractivity contribution < 1.29 is 9.53 Å². The lowest BCUT2D eigenvalue weighted by molar-refractivity contribution is -0.115. The maximum Gasteiger partial charge on any atom is 0.237 e. The molecule has 9 heteroatoms. The largest absolute Gasteiger partial charge is 0.378 e. The van der Waals surface area contributed by atoms with Crippen LogP contribution in [0.5, 0.6) is 0 Å². The molecule has 1 aromatic heterocycles. The minimum absolute atomic E-state index is 0.0488. The molecule has 0 radical (unpaired) electrons. The number of thioether (sulfide) groups is 1. The Morgan fingerprint density at radius 1 is 1.17 bits per heavy atom. The predicted molar refractivity (Wildman–Crippen MR) is 113 cm³/mol. The summed E-state index contributed by atoms with van der Waals surface area (Å²) in [5.74, 6) is -0.0488. The Labute approximate surface area is 175 Å². The molecule has 0 bridgehead atoms. The van der Waals surface area contributed by atoms with Crippen molar-refractivity contribution in [2.45, 2.75) is 55.5 Å². The summed E-state index contributed by atoms with van der Waals surface area (Å²) in [4.78, 5) is 15.0. The van der Waals surface area contributed by atoms with Crippen LogP contribution in [-0.4, -0.2) is 57.7 Å². The van der Waals surface area contributed by atoms with Crippen LogP contribution < -0.4 is 10.2 Å². The highest BCUT2D eigenvalue weighted by Crippen LogP contribution is 2.31. The number of nitrogens with zero attached hydrogens (tertiary/aromatic N) is 5. The van der Waals surface area contributed by atoms with E-state index in [4.69, 9.17) is 4.74 Å². The number of hydrogen-bond acceptors (Lipinski definition) is 7. The molecule has 1 aromatic carbocycles. The van der Waals surface area contributed by atoms with E-state index in [2.05, 4.69) is 25.7 Å². The summed E-state index contributed by atoms with van der Waals surface area (Å²) in [5, 5.41) is 15.6. The Kier molecular flexibility index (Phi) is 6.66. The van der Waals surface area contributed by atoms with Crippen molar-refractivity contribution in [3.8, 4) is 0 Å². The fourth-order valence-electron chi connectivity index (χ4n) is 3.85. The first-order valence-electron chi connectivity index (χ1n) is 10.4. The molecular weight excluding hydrogens is 388 g/mol. The highest BCUT2D eigenvalue weighted by Gasteiger charge is 2.24. The highest BCUT2D eigenvalue weighted by molar-refractivity contribution is 8.00. The van der Waals surface area contributed by atoms with E-state index in [-0.39, 0.29) is 11.2 Å². The molecule has 156 valence electrons. The first kappa shape index (κ1) is 20.2. The molecule has 0 spiro atoms. The topological polar surface area (TPSA) is 85.2 Å². The highest BCUT2D eigenvalue weighted by atomic mass is 32.2. The molecule has 1 unspecified atom stereocenters. The van der Waals surface area contributed by atoms with Crippen LogP contribution in [0.2, 0.25) is 0 Å². The fraction of sp³-hybridized carbons (Fsp3) is 0.600. The number of benzene rings is 1. The van der Waals surface area contributed by atoms with Gasteiger partial charge >= 0.3 is 0 Å². The molecule has 2 heterocycles. The van der Waals surface area contributed by atoms with Crippen molar-refractivity contribution in [3.63, 3.8) is 0 Å². The van der Waals surface area contributed by atoms with Crippen LogP contribution in [0.15, 0.2) is 29.4 Å². The van der Waals surface area contributed by atoms with Crippen LogP contribution in [-0.2, 0) is 9.53 Å². The first-order valence-corrected chi connectivity index (χ1v) is 11.3. The van der Waals surface area contributed by atoms with E-state index in [0.717, 1.165) is 55.7 Å². The molecular formula is C20H28N6O2S. The number of nitrogens with one attached hydrogen (secondary N) is 1. The number of rotatable bonds is 6. The zero-order valence-corrected chi connectivity index (χ0v) is 17.6. The van der Waals surface area contributed by atoms with Gasteiger partial charge in [-0.2, -0.15) is 0 Å². The number of hydrogen-bond donors (Lipinski definition) is 1. The summed E-state index contributed by atoms with van der Waals surface area (Å²) in [7, 11) is 0. The normalized spacial score (nSPS) is 19.1. The molecule has 8 nitrogen and oxygen atoms in total. The predicted octanol–water partition coefficient (Wildman–Crippen LogP) is 3.13. The van der Waals surface area contributed by atoms with Crippen LogP contribution in [0.4, 0.5) is 11.4 Å². The van der Waals surface area contributed by atoms with Crippen molar-refractivity contribution >= 4 is 29.0 Å². The number of amides is 1. The third kappa shape index (κ3) is 5.08. The number of carbonyl (C=O) groups excluding carboxylic acids is 1. The lowest BCUT2D eigenvalue weighted by Gasteiger charge is -2.29. The Morgan fingerprint density at radius 2 is 1.90 bits per heavy atom. The lowest BCUT2D eigenvalue weighted by Crippen LogP contribution is -2.36. The van der Waals surface area contributed by atoms with E-state index < -0.39 is 0 Å². The maximum absolute atomic E-state index is 12.7. The second-order valence-electron chi connectivity index (χ2n) is 7.59. The van der Waals surface area contributed by atoms with Gasteiger partial charge in [0.25, 0.3) is 0 Å². The number of carbonyl (C=O) groups is 1. The summed E-state index contributed by atoms with van der Waals surface area (Å²) in [6, 6.07) is 8.34. The summed E-state index contributed by atoms with van der Waals surface area (Å²) in [5.41, 5.74) is 1.95. The molecule has 2 aromatic rings. The summed E-state index contributed by atoms with van der Waals surface area (Å²) in [6.45, 7) is 5.20. The van der Waals surface area contributed by atoms with Gasteiger partial charge in [-0.1, -0.05) is 31.0 Å². The van der Waals surface area contributed by atoms with E-state index in [1.54, 1.807) is 0 Å². The van der Waals surface area contributed by atoms with Crippen molar-refractivity contribution in [1.82, 2.24) is 20.2 Å². The second-order valence-corrected chi connectivity index (χ2v) is 8.90. The number of morpholine rings is 1. The minimum Gasteiger partial charge on any atom is -0.378 e. The van der Waals surface area contributed by atoms with E-state index in [0.29, 0.717) is 6.04 Å². The molecule has 1 saturated carbocycles. The Morgan fingerprint density at radius 3 is 2.62 bits per heavy atom. The van der Waals surface area contributed by atoms with Crippen molar-refractivity contribution in [2.75, 3.05) is 36.5 Å². The summed E-state index contributed by atoms with van der Waals surface area (Å²) >= 11 is 1.42. The van der Waals surface area contributed by atoms with E-state index >= 15 is 0 Å². The van der Waals surface area contributed by atoms with E-state index in [1.165, 1.54) is 31.0 Å². The number of aromatic nitrogens is 4. The van der Waals surface area contributed by atoms with E-state index in [9.17, 15) is 4.79 Å². The quantitative estimate of drug-likeness (QED) is 0.724. The lowest BCUT2D eigenvalue weighted by atomic mass is 9.96. The molecule has 1 atom stereocenters. The van der Waals surface area contributed by atoms with Gasteiger partial charge in [0.15, 0.2) is 0 Å². The van der Waals surface area contributed by atoms with Gasteiger partial charge in [0, 0.05) is 24.5 Å². The smallest absolute Gasteiger partial charge is 0.237 e. The molecule has 29 heavy (non-hydrogen) atoms. The third-order valence-corrected chi connectivity index (χ3v) is 6.59. The van der Waals surface area contributed by atoms with Gasteiger partial charge in [-0.15, -0.1) is 5.10 Å². The Hall–Kier alpha value is -2.13. The SMILES string of the molecule is CC(Sc1nnnn1C1CCCCC1)C(=O)Nc1ccc(N2CCOCC2)cc1. The van der Waals surface area contributed by atoms with Gasteiger partial charge in [0.1, 0.15) is 0 Å². The van der Waals surface area contributed by atoms with Gasteiger partial charge in [0.05, 0.1) is 24.5 Å². The number of tetrazole rings is 1. The zero-order chi connectivity index (χ0) is 20.1. The molecule has 2 fully saturated rings. The zero-order valence-electron chi connectivity index (χ0n) is 16.8. The number of ether oxygens (including phenoxy) is 1. The van der Waals surface area contributed by atoms with Crippen molar-refractivity contribution in [3.05, 3.63) is 24.3 Å². The first-order chi connectivity index (χ1) is 14.2. The Bertz CT molecular complexity index is 800. The Balaban J connectivity index is 1.33. The van der Waals surface area contributed by atoms with Gasteiger partial charge in [-0.3, -0.25) is 4.79 Å². The molecule has 4 rings (SSSR count). The summed E-state index contributed by atoms with van der Waals surface area (Å²) in [6.07, 6.45) is 5.92. The van der Waals surface area contributed by atoms with Crippen LogP contribution in [0.3, 0.4) is 0 Å². The standard InChI is InChI=1S/C20H28N6O2S/c1-15(29-20-22-23-24-26(20)18-5-3-2-4-6-18)19(27)21-16-7-9-17(10-8-16)25-11-13-28-14-12-25/h7-10,15,18H,2-6,11-14H2,1H3,(H,21,27). The van der Waals surface area contributed by atoms with Crippen molar-refractivity contribution in [2.24, 2.45) is 0 Å². The van der Waals surface area contributed by atoms with Crippen molar-refractivity contribution in [1.29, 1.82) is 0 Å². The average Bonchev–Trinajstić information content (AvgIpc) is 3.23. The second kappa shape index (κ2) is 9.58. The minimum atomic E-state index is -0.290. The van der Waals surface area contributed by atoms with Gasteiger partial charge in [-0.25, -0.2) is 4.68 Å². The molecule has 2 aliphatic rings. The van der Waals surface area contributed by atoms with Gasteiger partial charge in [0.2, 0.25) is 11.1 Å². The van der Waals surface area contributed by atoms with Crippen LogP contribution >= 0.6 is 11.8 Å². The monoisotopic (exact) mass is 416 g/mol. The van der Waals surface area contributed by atoms with Crippen LogP contribution in [0.1, 0.15) is 45.1 Å². The average molecular weight is 417 g/mol. The molecule has 1 aliphatic carbocycles. The van der Waals surface area contributed by atoms with Gasteiger partial charge < -0.3 is 15.0 Å². The number of anilines is 2. The maximum atomic E-state index is 12.7. The molecule has 1 amide bonds. The van der Waals surface area contributed by atoms with E-state index in [1.807, 2.05) is 35.9 Å². The molecule has 1 saturated heterocycles. The third-order valence-electron chi connectivity index (χ3n) is 5.55. The van der Waals surface area contributed by atoms with Gasteiger partial charge in [-0.05, 0) is 54.5 Å². The molecule has 1 aliphatic heterocycles.